The predicted molar refractivity (Wildman–Crippen MR) is 203 cm³/mol. The van der Waals surface area contributed by atoms with Crippen molar-refractivity contribution < 1.29 is 4.42 Å². The molecule has 9 rings (SSSR count). The van der Waals surface area contributed by atoms with Crippen LogP contribution >= 0.6 is 0 Å². The summed E-state index contributed by atoms with van der Waals surface area (Å²) in [6.07, 6.45) is 3.86. The summed E-state index contributed by atoms with van der Waals surface area (Å²) in [5.74, 6) is 0. The maximum atomic E-state index is 13.9. The van der Waals surface area contributed by atoms with Crippen LogP contribution in [0.1, 0.15) is 11.1 Å². The van der Waals surface area contributed by atoms with Crippen LogP contribution in [0.25, 0.3) is 94.5 Å². The van der Waals surface area contributed by atoms with Crippen LogP contribution in [0.2, 0.25) is 0 Å². The molecular formula is C45H29NO2. The number of pyridine rings is 1. The van der Waals surface area contributed by atoms with Gasteiger partial charge in [0.1, 0.15) is 11.2 Å². The zero-order valence-electron chi connectivity index (χ0n) is 26.1. The summed E-state index contributed by atoms with van der Waals surface area (Å²) in [6, 6.07) is 47.2. The van der Waals surface area contributed by atoms with Crippen molar-refractivity contribution in [1.29, 1.82) is 0 Å². The van der Waals surface area contributed by atoms with Gasteiger partial charge in [0.15, 0.2) is 0 Å². The first-order chi connectivity index (χ1) is 23.7. The minimum atomic E-state index is -0.0349. The van der Waals surface area contributed by atoms with Gasteiger partial charge in [-0.25, -0.2) is 0 Å². The van der Waals surface area contributed by atoms with Crippen molar-refractivity contribution in [2.45, 2.75) is 0 Å². The van der Waals surface area contributed by atoms with E-state index in [0.717, 1.165) is 88.1 Å². The average molecular weight is 616 g/mol. The molecule has 0 saturated heterocycles. The molecule has 3 heteroatoms. The van der Waals surface area contributed by atoms with E-state index in [4.69, 9.17) is 4.42 Å². The van der Waals surface area contributed by atoms with Gasteiger partial charge in [0.25, 0.3) is 5.56 Å². The summed E-state index contributed by atoms with van der Waals surface area (Å²) in [5.41, 5.74) is 9.54. The lowest BCUT2D eigenvalue weighted by atomic mass is 9.83. The van der Waals surface area contributed by atoms with Gasteiger partial charge in [-0.15, -0.1) is 0 Å². The minimum absolute atomic E-state index is 0.0349. The second-order valence-electron chi connectivity index (χ2n) is 12.1. The number of para-hydroxylation sites is 3. The molecule has 7 aromatic carbocycles. The van der Waals surface area contributed by atoms with E-state index < -0.39 is 0 Å². The van der Waals surface area contributed by atoms with Crippen LogP contribution < -0.4 is 5.56 Å². The van der Waals surface area contributed by atoms with Gasteiger partial charge >= 0.3 is 0 Å². The number of rotatable bonds is 5. The highest BCUT2D eigenvalue weighted by molar-refractivity contribution is 6.17. The fourth-order valence-corrected chi connectivity index (χ4v) is 7.51. The summed E-state index contributed by atoms with van der Waals surface area (Å²) in [5, 5.41) is 7.08. The number of benzene rings is 7. The first kappa shape index (κ1) is 27.8. The topological polar surface area (TPSA) is 35.1 Å². The summed E-state index contributed by atoms with van der Waals surface area (Å²) in [6.45, 7) is 8.58. The SMILES string of the molecule is C=Cc1c(C=C)c(-c2cccc3c2oc2ccccc23)c2ccccc2c1-c1ccc(-n2c(=O)c3ccccc3c3ccccc32)cc1. The number of nitrogens with zero attached hydrogens (tertiary/aromatic N) is 1. The highest BCUT2D eigenvalue weighted by atomic mass is 16.3. The van der Waals surface area contributed by atoms with Crippen molar-refractivity contribution in [3.8, 4) is 27.9 Å². The Kier molecular flexibility index (Phi) is 6.28. The van der Waals surface area contributed by atoms with E-state index in [9.17, 15) is 4.79 Å². The smallest absolute Gasteiger partial charge is 0.263 e. The van der Waals surface area contributed by atoms with E-state index in [-0.39, 0.29) is 5.56 Å². The van der Waals surface area contributed by atoms with Crippen LogP contribution in [0, 0.1) is 0 Å². The molecule has 226 valence electrons. The zero-order valence-corrected chi connectivity index (χ0v) is 26.1. The Morgan fingerprint density at radius 2 is 1.06 bits per heavy atom. The highest BCUT2D eigenvalue weighted by Crippen LogP contribution is 2.46. The molecule has 0 N–H and O–H groups in total. The molecule has 2 heterocycles. The van der Waals surface area contributed by atoms with Crippen LogP contribution in [0.4, 0.5) is 0 Å². The van der Waals surface area contributed by atoms with Crippen molar-refractivity contribution in [1.82, 2.24) is 4.57 Å². The molecule has 0 aliphatic carbocycles. The van der Waals surface area contributed by atoms with Crippen molar-refractivity contribution in [3.05, 3.63) is 174 Å². The Hall–Kier alpha value is -6.45. The molecule has 9 aromatic rings. The molecule has 0 saturated carbocycles. The van der Waals surface area contributed by atoms with Crippen LogP contribution in [-0.2, 0) is 0 Å². The lowest BCUT2D eigenvalue weighted by Gasteiger charge is -2.20. The van der Waals surface area contributed by atoms with E-state index in [2.05, 4.69) is 79.9 Å². The molecule has 48 heavy (non-hydrogen) atoms. The number of furan rings is 1. The molecule has 0 aliphatic heterocycles. The van der Waals surface area contributed by atoms with Crippen molar-refractivity contribution in [2.24, 2.45) is 0 Å². The predicted octanol–water partition coefficient (Wildman–Crippen LogP) is 11.8. The second kappa shape index (κ2) is 10.8. The van der Waals surface area contributed by atoms with E-state index in [0.29, 0.717) is 5.39 Å². The summed E-state index contributed by atoms with van der Waals surface area (Å²) < 4.78 is 8.33. The lowest BCUT2D eigenvalue weighted by Crippen LogP contribution is -2.19. The van der Waals surface area contributed by atoms with E-state index >= 15 is 0 Å². The molecule has 0 atom stereocenters. The fraction of sp³-hybridized carbons (Fsp3) is 0. The standard InChI is InChI=1S/C45H29NO2/c1-3-30-31(4-2)43(39-21-13-20-37-34-16-10-12-23-41(34)48-44(37)39)36-18-7-6-17-35(36)42(30)28-24-26-29(27-25-28)46-40-22-11-9-15-33(40)32-14-5-8-19-38(32)45(46)47/h3-27H,1-2H2. The van der Waals surface area contributed by atoms with Crippen LogP contribution in [0.5, 0.6) is 0 Å². The van der Waals surface area contributed by atoms with Crippen LogP contribution in [-0.4, -0.2) is 4.57 Å². The van der Waals surface area contributed by atoms with E-state index in [1.165, 1.54) is 0 Å². The monoisotopic (exact) mass is 615 g/mol. The van der Waals surface area contributed by atoms with E-state index in [1.807, 2.05) is 89.5 Å². The normalized spacial score (nSPS) is 11.6. The molecule has 3 nitrogen and oxygen atoms in total. The number of hydrogen-bond donors (Lipinski definition) is 0. The van der Waals surface area contributed by atoms with E-state index in [1.54, 1.807) is 0 Å². The lowest BCUT2D eigenvalue weighted by molar-refractivity contribution is 0.670. The number of hydrogen-bond acceptors (Lipinski definition) is 2. The highest BCUT2D eigenvalue weighted by Gasteiger charge is 2.22. The Labute approximate surface area is 276 Å². The molecule has 0 amide bonds. The third-order valence-corrected chi connectivity index (χ3v) is 9.59. The van der Waals surface area contributed by atoms with Gasteiger partial charge in [-0.3, -0.25) is 9.36 Å². The quantitative estimate of drug-likeness (QED) is 0.181. The van der Waals surface area contributed by atoms with Gasteiger partial charge in [-0.1, -0.05) is 135 Å². The van der Waals surface area contributed by atoms with Crippen molar-refractivity contribution in [2.75, 3.05) is 0 Å². The molecule has 0 unspecified atom stereocenters. The Morgan fingerprint density at radius 3 is 1.79 bits per heavy atom. The van der Waals surface area contributed by atoms with Gasteiger partial charge in [0, 0.05) is 38.4 Å². The van der Waals surface area contributed by atoms with Gasteiger partial charge < -0.3 is 4.42 Å². The molecule has 0 fully saturated rings. The average Bonchev–Trinajstić information content (AvgIpc) is 3.53. The number of fused-ring (bicyclic) bond motifs is 7. The molecule has 0 spiro atoms. The largest absolute Gasteiger partial charge is 0.455 e. The van der Waals surface area contributed by atoms with Crippen LogP contribution in [0.3, 0.4) is 0 Å². The minimum Gasteiger partial charge on any atom is -0.455 e. The molecule has 0 aliphatic rings. The Morgan fingerprint density at radius 1 is 0.500 bits per heavy atom. The molecule has 0 bridgehead atoms. The zero-order chi connectivity index (χ0) is 32.4. The third-order valence-electron chi connectivity index (χ3n) is 9.59. The third kappa shape index (κ3) is 3.98. The molecule has 2 aromatic heterocycles. The molecular weight excluding hydrogens is 587 g/mol. The Bertz CT molecular complexity index is 2830. The van der Waals surface area contributed by atoms with Crippen LogP contribution in [0.15, 0.2) is 162 Å². The maximum absolute atomic E-state index is 13.9. The van der Waals surface area contributed by atoms with Gasteiger partial charge in [-0.2, -0.15) is 0 Å². The maximum Gasteiger partial charge on any atom is 0.263 e. The van der Waals surface area contributed by atoms with Gasteiger partial charge in [-0.05, 0) is 68.7 Å². The first-order valence-corrected chi connectivity index (χ1v) is 16.1. The Balaban J connectivity index is 1.29. The van der Waals surface area contributed by atoms with Gasteiger partial charge in [0.05, 0.1) is 5.52 Å². The summed E-state index contributed by atoms with van der Waals surface area (Å²) in [7, 11) is 0. The number of aromatic nitrogens is 1. The fourth-order valence-electron chi connectivity index (χ4n) is 7.51. The second-order valence-corrected chi connectivity index (χ2v) is 12.1. The summed E-state index contributed by atoms with van der Waals surface area (Å²) >= 11 is 0. The van der Waals surface area contributed by atoms with Gasteiger partial charge in [0.2, 0.25) is 0 Å². The first-order valence-electron chi connectivity index (χ1n) is 16.1. The van der Waals surface area contributed by atoms with Crippen molar-refractivity contribution >= 4 is 66.5 Å². The van der Waals surface area contributed by atoms with Crippen molar-refractivity contribution in [3.63, 3.8) is 0 Å². The molecule has 0 radical (unpaired) electrons. The summed E-state index contributed by atoms with van der Waals surface area (Å²) in [4.78, 5) is 13.9.